The molecular weight excluding hydrogens is 140 g/mol. The van der Waals surface area contributed by atoms with Crippen LogP contribution >= 0.6 is 0 Å². The van der Waals surface area contributed by atoms with Gasteiger partial charge in [-0.05, 0) is 6.07 Å². The number of aliphatic hydroxyl groups is 1. The van der Waals surface area contributed by atoms with Gasteiger partial charge in [0.25, 0.3) is 0 Å². The molecule has 0 aliphatic rings. The minimum Gasteiger partial charge on any atom is -0.508 e. The molecule has 0 spiro atoms. The third-order valence-corrected chi connectivity index (χ3v) is 1.39. The largest absolute Gasteiger partial charge is 0.508 e. The summed E-state index contributed by atoms with van der Waals surface area (Å²) < 4.78 is 0. The summed E-state index contributed by atoms with van der Waals surface area (Å²) in [6, 6.07) is 6.44. The number of phenolic OH excluding ortho intramolecular Hbond substituents is 1. The van der Waals surface area contributed by atoms with E-state index >= 15 is 0 Å². The third-order valence-electron chi connectivity index (χ3n) is 1.39. The zero-order chi connectivity index (χ0) is 8.27. The maximum absolute atomic E-state index is 9.16. The number of phenols is 1. The highest BCUT2D eigenvalue weighted by molar-refractivity contribution is 5.36. The number of para-hydroxylation sites is 1. The van der Waals surface area contributed by atoms with Crippen molar-refractivity contribution in [1.82, 2.24) is 0 Å². The molecule has 2 N–H and O–H groups in total. The van der Waals surface area contributed by atoms with Gasteiger partial charge < -0.3 is 10.2 Å². The van der Waals surface area contributed by atoms with Gasteiger partial charge in [-0.3, -0.25) is 0 Å². The molecule has 11 heavy (non-hydrogen) atoms. The predicted octanol–water partition coefficient (Wildman–Crippen LogP) is 1.06. The van der Waals surface area contributed by atoms with E-state index in [9.17, 15) is 0 Å². The standard InChI is InChI=1S/C9H8O2/c1-2-8(10)7-5-3-4-6-9(7)11/h1,3-6,8,10-11H. The van der Waals surface area contributed by atoms with Crippen molar-refractivity contribution < 1.29 is 10.2 Å². The monoisotopic (exact) mass is 148 g/mol. The fourth-order valence-electron chi connectivity index (χ4n) is 0.809. The van der Waals surface area contributed by atoms with E-state index in [0.29, 0.717) is 5.56 Å². The van der Waals surface area contributed by atoms with Crippen molar-refractivity contribution >= 4 is 0 Å². The highest BCUT2D eigenvalue weighted by Gasteiger charge is 2.06. The summed E-state index contributed by atoms with van der Waals surface area (Å²) in [5.74, 6) is 2.14. The molecule has 0 aromatic heterocycles. The van der Waals surface area contributed by atoms with E-state index in [-0.39, 0.29) is 5.75 Å². The molecule has 0 saturated heterocycles. The van der Waals surface area contributed by atoms with Crippen molar-refractivity contribution in [3.63, 3.8) is 0 Å². The molecule has 0 amide bonds. The first-order valence-electron chi connectivity index (χ1n) is 3.18. The van der Waals surface area contributed by atoms with Crippen LogP contribution in [0.15, 0.2) is 24.3 Å². The van der Waals surface area contributed by atoms with Crippen LogP contribution in [0, 0.1) is 12.3 Å². The molecule has 1 rings (SSSR count). The second-order valence-corrected chi connectivity index (χ2v) is 2.13. The minimum absolute atomic E-state index is 0.0259. The lowest BCUT2D eigenvalue weighted by molar-refractivity contribution is 0.233. The zero-order valence-corrected chi connectivity index (χ0v) is 5.86. The van der Waals surface area contributed by atoms with Gasteiger partial charge in [0.05, 0.1) is 0 Å². The highest BCUT2D eigenvalue weighted by atomic mass is 16.3. The Bertz CT molecular complexity index is 286. The molecule has 56 valence electrons. The normalized spacial score (nSPS) is 12.0. The van der Waals surface area contributed by atoms with Crippen LogP contribution in [0.3, 0.4) is 0 Å². The number of terminal acetylenes is 1. The molecule has 0 fully saturated rings. The molecule has 0 aliphatic heterocycles. The molecule has 0 bridgehead atoms. The number of hydrogen-bond donors (Lipinski definition) is 2. The second-order valence-electron chi connectivity index (χ2n) is 2.13. The summed E-state index contributed by atoms with van der Waals surface area (Å²) in [4.78, 5) is 0. The van der Waals surface area contributed by atoms with E-state index in [0.717, 1.165) is 0 Å². The molecule has 1 aromatic carbocycles. The van der Waals surface area contributed by atoms with E-state index in [1.54, 1.807) is 18.2 Å². The molecule has 0 saturated carbocycles. The second kappa shape index (κ2) is 3.09. The van der Waals surface area contributed by atoms with Crippen LogP contribution in [0.5, 0.6) is 5.75 Å². The molecule has 2 nitrogen and oxygen atoms in total. The quantitative estimate of drug-likeness (QED) is 0.584. The van der Waals surface area contributed by atoms with Crippen LogP contribution in [-0.4, -0.2) is 10.2 Å². The SMILES string of the molecule is C#CC(O)c1ccccc1O. The van der Waals surface area contributed by atoms with E-state index in [1.165, 1.54) is 6.07 Å². The van der Waals surface area contributed by atoms with Crippen molar-refractivity contribution in [2.24, 2.45) is 0 Å². The molecule has 1 atom stereocenters. The molecular formula is C9H8O2. The first-order valence-corrected chi connectivity index (χ1v) is 3.18. The Labute approximate surface area is 65.1 Å². The Morgan fingerprint density at radius 3 is 2.55 bits per heavy atom. The van der Waals surface area contributed by atoms with Gasteiger partial charge in [-0.2, -0.15) is 0 Å². The molecule has 0 heterocycles. The lowest BCUT2D eigenvalue weighted by Crippen LogP contribution is -1.92. The van der Waals surface area contributed by atoms with Gasteiger partial charge in [0.1, 0.15) is 11.9 Å². The van der Waals surface area contributed by atoms with Crippen LogP contribution in [0.4, 0.5) is 0 Å². The van der Waals surface area contributed by atoms with E-state index in [1.807, 2.05) is 0 Å². The van der Waals surface area contributed by atoms with Gasteiger partial charge in [-0.1, -0.05) is 24.1 Å². The Kier molecular flexibility index (Phi) is 2.15. The summed E-state index contributed by atoms with van der Waals surface area (Å²) in [5.41, 5.74) is 0.370. The average Bonchev–Trinajstić information content (AvgIpc) is 2.04. The molecule has 1 unspecified atom stereocenters. The summed E-state index contributed by atoms with van der Waals surface area (Å²) in [6.45, 7) is 0. The summed E-state index contributed by atoms with van der Waals surface area (Å²) in [6.07, 6.45) is 3.94. The van der Waals surface area contributed by atoms with E-state index in [4.69, 9.17) is 16.6 Å². The van der Waals surface area contributed by atoms with Crippen molar-refractivity contribution in [3.8, 4) is 18.1 Å². The topological polar surface area (TPSA) is 40.5 Å². The third kappa shape index (κ3) is 1.51. The fourth-order valence-corrected chi connectivity index (χ4v) is 0.809. The van der Waals surface area contributed by atoms with Crippen molar-refractivity contribution in [3.05, 3.63) is 29.8 Å². The molecule has 2 heteroatoms. The smallest absolute Gasteiger partial charge is 0.143 e. The van der Waals surface area contributed by atoms with Crippen LogP contribution in [0.25, 0.3) is 0 Å². The van der Waals surface area contributed by atoms with Gasteiger partial charge >= 0.3 is 0 Å². The van der Waals surface area contributed by atoms with Crippen molar-refractivity contribution in [2.75, 3.05) is 0 Å². The first-order chi connectivity index (χ1) is 5.25. The number of hydrogen-bond acceptors (Lipinski definition) is 2. The van der Waals surface area contributed by atoms with Crippen LogP contribution in [-0.2, 0) is 0 Å². The summed E-state index contributed by atoms with van der Waals surface area (Å²) >= 11 is 0. The predicted molar refractivity (Wildman–Crippen MR) is 41.9 cm³/mol. The number of aliphatic hydroxyl groups excluding tert-OH is 1. The van der Waals surface area contributed by atoms with Gasteiger partial charge in [0.2, 0.25) is 0 Å². The Morgan fingerprint density at radius 2 is 2.00 bits per heavy atom. The maximum Gasteiger partial charge on any atom is 0.143 e. The van der Waals surface area contributed by atoms with Gasteiger partial charge in [-0.25, -0.2) is 0 Å². The van der Waals surface area contributed by atoms with Gasteiger partial charge in [0, 0.05) is 5.56 Å². The van der Waals surface area contributed by atoms with Crippen molar-refractivity contribution in [2.45, 2.75) is 6.10 Å². The van der Waals surface area contributed by atoms with Gasteiger partial charge in [-0.15, -0.1) is 6.42 Å². The van der Waals surface area contributed by atoms with Crippen LogP contribution in [0.2, 0.25) is 0 Å². The Hall–Kier alpha value is -1.46. The van der Waals surface area contributed by atoms with Gasteiger partial charge in [0.15, 0.2) is 0 Å². The Balaban J connectivity index is 3.05. The van der Waals surface area contributed by atoms with Crippen LogP contribution in [0.1, 0.15) is 11.7 Å². The lowest BCUT2D eigenvalue weighted by atomic mass is 10.1. The molecule has 1 aromatic rings. The van der Waals surface area contributed by atoms with Crippen LogP contribution < -0.4 is 0 Å². The number of rotatable bonds is 1. The summed E-state index contributed by atoms with van der Waals surface area (Å²) in [7, 11) is 0. The first kappa shape index (κ1) is 7.64. The fraction of sp³-hybridized carbons (Fsp3) is 0.111. The highest BCUT2D eigenvalue weighted by Crippen LogP contribution is 2.22. The molecule has 0 radical (unpaired) electrons. The zero-order valence-electron chi connectivity index (χ0n) is 5.86. The van der Waals surface area contributed by atoms with E-state index < -0.39 is 6.10 Å². The minimum atomic E-state index is -1.02. The number of benzene rings is 1. The number of aromatic hydroxyl groups is 1. The average molecular weight is 148 g/mol. The lowest BCUT2D eigenvalue weighted by Gasteiger charge is -2.04. The molecule has 0 aliphatic carbocycles. The summed E-state index contributed by atoms with van der Waals surface area (Å²) in [5, 5.41) is 18.3. The van der Waals surface area contributed by atoms with E-state index in [2.05, 4.69) is 5.92 Å². The van der Waals surface area contributed by atoms with Crippen molar-refractivity contribution in [1.29, 1.82) is 0 Å². The Morgan fingerprint density at radius 1 is 1.36 bits per heavy atom. The maximum atomic E-state index is 9.16.